The monoisotopic (exact) mass is 261 g/mol. The van der Waals surface area contributed by atoms with E-state index in [1.165, 1.54) is 5.56 Å². The molecule has 0 aliphatic carbocycles. The van der Waals surface area contributed by atoms with Crippen molar-refractivity contribution in [3.8, 4) is 0 Å². The molecule has 0 fully saturated rings. The van der Waals surface area contributed by atoms with Gasteiger partial charge in [0.1, 0.15) is 0 Å². The molecular formula is C15H23N3O. The fourth-order valence-corrected chi connectivity index (χ4v) is 2.42. The number of hydrogen-bond donors (Lipinski definition) is 2. The van der Waals surface area contributed by atoms with Crippen LogP contribution in [0, 0.1) is 5.92 Å². The highest BCUT2D eigenvalue weighted by atomic mass is 16.2. The summed E-state index contributed by atoms with van der Waals surface area (Å²) in [5.74, 6) is 0.712. The van der Waals surface area contributed by atoms with Gasteiger partial charge in [0.05, 0.1) is 6.54 Å². The van der Waals surface area contributed by atoms with Crippen molar-refractivity contribution in [1.82, 2.24) is 5.32 Å². The summed E-state index contributed by atoms with van der Waals surface area (Å²) in [6.45, 7) is 6.38. The second-order valence-corrected chi connectivity index (χ2v) is 5.55. The molecule has 1 aliphatic rings. The van der Waals surface area contributed by atoms with E-state index in [1.807, 2.05) is 18.2 Å². The number of fused-ring (bicyclic) bond motifs is 1. The van der Waals surface area contributed by atoms with Crippen LogP contribution in [-0.2, 0) is 11.2 Å². The van der Waals surface area contributed by atoms with Gasteiger partial charge in [0.2, 0.25) is 5.91 Å². The van der Waals surface area contributed by atoms with Crippen LogP contribution in [-0.4, -0.2) is 25.5 Å². The molecule has 0 spiro atoms. The maximum Gasteiger partial charge on any atom is 0.239 e. The van der Waals surface area contributed by atoms with E-state index < -0.39 is 0 Å². The first-order valence-electron chi connectivity index (χ1n) is 6.97. The lowest BCUT2D eigenvalue weighted by Gasteiger charge is -2.19. The third-order valence-corrected chi connectivity index (χ3v) is 3.54. The largest absolute Gasteiger partial charge is 0.398 e. The molecule has 1 aromatic carbocycles. The van der Waals surface area contributed by atoms with Gasteiger partial charge in [-0.25, -0.2) is 0 Å². The van der Waals surface area contributed by atoms with Gasteiger partial charge in [-0.05, 0) is 30.9 Å². The number of hydrogen-bond acceptors (Lipinski definition) is 3. The Morgan fingerprint density at radius 2 is 2.26 bits per heavy atom. The van der Waals surface area contributed by atoms with E-state index in [-0.39, 0.29) is 5.91 Å². The van der Waals surface area contributed by atoms with E-state index in [2.05, 4.69) is 24.1 Å². The molecule has 19 heavy (non-hydrogen) atoms. The zero-order valence-corrected chi connectivity index (χ0v) is 11.8. The van der Waals surface area contributed by atoms with E-state index in [0.29, 0.717) is 12.5 Å². The van der Waals surface area contributed by atoms with Crippen molar-refractivity contribution < 1.29 is 4.79 Å². The number of carbonyl (C=O) groups excluding carboxylic acids is 1. The first-order chi connectivity index (χ1) is 9.08. The standard InChI is InChI=1S/C15H23N3O/c1-11(2)6-8-17-15(19)10-18-9-7-12-13(16)4-3-5-14(12)18/h3-5,11H,6-10,16H2,1-2H3,(H,17,19). The molecule has 0 bridgehead atoms. The van der Waals surface area contributed by atoms with E-state index in [0.717, 1.165) is 37.3 Å². The Balaban J connectivity index is 1.89. The van der Waals surface area contributed by atoms with Crippen LogP contribution >= 0.6 is 0 Å². The number of nitrogen functional groups attached to an aromatic ring is 1. The van der Waals surface area contributed by atoms with Crippen LogP contribution < -0.4 is 16.0 Å². The number of nitrogens with two attached hydrogens (primary N) is 1. The Bertz CT molecular complexity index is 457. The summed E-state index contributed by atoms with van der Waals surface area (Å²) < 4.78 is 0. The van der Waals surface area contributed by atoms with Crippen LogP contribution in [0.25, 0.3) is 0 Å². The van der Waals surface area contributed by atoms with E-state index in [1.54, 1.807) is 0 Å². The normalized spacial score (nSPS) is 13.7. The summed E-state index contributed by atoms with van der Waals surface area (Å²) in [4.78, 5) is 14.0. The minimum atomic E-state index is 0.0934. The molecule has 0 unspecified atom stereocenters. The number of anilines is 2. The van der Waals surface area contributed by atoms with Gasteiger partial charge in [0.25, 0.3) is 0 Å². The number of rotatable bonds is 5. The average Bonchev–Trinajstić information content (AvgIpc) is 2.73. The lowest BCUT2D eigenvalue weighted by atomic mass is 10.1. The number of benzene rings is 1. The molecule has 4 nitrogen and oxygen atoms in total. The Kier molecular flexibility index (Phi) is 4.30. The minimum Gasteiger partial charge on any atom is -0.398 e. The molecule has 3 N–H and O–H groups in total. The lowest BCUT2D eigenvalue weighted by molar-refractivity contribution is -0.119. The number of carbonyl (C=O) groups is 1. The third-order valence-electron chi connectivity index (χ3n) is 3.54. The van der Waals surface area contributed by atoms with Crippen LogP contribution in [0.4, 0.5) is 11.4 Å². The van der Waals surface area contributed by atoms with Crippen molar-refractivity contribution in [1.29, 1.82) is 0 Å². The molecule has 0 saturated carbocycles. The van der Waals surface area contributed by atoms with E-state index in [4.69, 9.17) is 5.73 Å². The van der Waals surface area contributed by atoms with Gasteiger partial charge in [0.15, 0.2) is 0 Å². The quantitative estimate of drug-likeness (QED) is 0.795. The summed E-state index contributed by atoms with van der Waals surface area (Å²) in [5, 5.41) is 2.97. The first-order valence-corrected chi connectivity index (χ1v) is 6.97. The highest BCUT2D eigenvalue weighted by Gasteiger charge is 2.22. The third kappa shape index (κ3) is 3.40. The molecule has 0 saturated heterocycles. The molecule has 1 aromatic rings. The van der Waals surface area contributed by atoms with Crippen molar-refractivity contribution in [2.75, 3.05) is 30.3 Å². The molecule has 0 atom stereocenters. The fraction of sp³-hybridized carbons (Fsp3) is 0.533. The summed E-state index contributed by atoms with van der Waals surface area (Å²) in [5.41, 5.74) is 9.07. The topological polar surface area (TPSA) is 58.4 Å². The molecule has 1 heterocycles. The van der Waals surface area contributed by atoms with Gasteiger partial charge < -0.3 is 16.0 Å². The van der Waals surface area contributed by atoms with Crippen LogP contribution in [0.15, 0.2) is 18.2 Å². The maximum atomic E-state index is 11.9. The second-order valence-electron chi connectivity index (χ2n) is 5.55. The Labute approximate surface area is 115 Å². The Hall–Kier alpha value is -1.71. The van der Waals surface area contributed by atoms with Gasteiger partial charge in [-0.2, -0.15) is 0 Å². The molecule has 4 heteroatoms. The van der Waals surface area contributed by atoms with Crippen molar-refractivity contribution in [3.63, 3.8) is 0 Å². The summed E-state index contributed by atoms with van der Waals surface area (Å²) in [6.07, 6.45) is 1.95. The number of amides is 1. The predicted octanol–water partition coefficient (Wildman–Crippen LogP) is 1.79. The van der Waals surface area contributed by atoms with Gasteiger partial charge in [-0.1, -0.05) is 19.9 Å². The van der Waals surface area contributed by atoms with Crippen LogP contribution in [0.2, 0.25) is 0 Å². The van der Waals surface area contributed by atoms with E-state index >= 15 is 0 Å². The number of nitrogens with zero attached hydrogens (tertiary/aromatic N) is 1. The molecule has 1 aliphatic heterocycles. The zero-order chi connectivity index (χ0) is 13.8. The van der Waals surface area contributed by atoms with Crippen molar-refractivity contribution >= 4 is 17.3 Å². The fourth-order valence-electron chi connectivity index (χ4n) is 2.42. The van der Waals surface area contributed by atoms with Crippen LogP contribution in [0.5, 0.6) is 0 Å². The second kappa shape index (κ2) is 5.95. The molecule has 0 radical (unpaired) electrons. The smallest absolute Gasteiger partial charge is 0.239 e. The predicted molar refractivity (Wildman–Crippen MR) is 79.2 cm³/mol. The molecule has 1 amide bonds. The van der Waals surface area contributed by atoms with Crippen molar-refractivity contribution in [2.24, 2.45) is 5.92 Å². The van der Waals surface area contributed by atoms with E-state index in [9.17, 15) is 4.79 Å². The van der Waals surface area contributed by atoms with Gasteiger partial charge in [-0.3, -0.25) is 4.79 Å². The summed E-state index contributed by atoms with van der Waals surface area (Å²) >= 11 is 0. The molecule has 0 aromatic heterocycles. The maximum absolute atomic E-state index is 11.9. The summed E-state index contributed by atoms with van der Waals surface area (Å²) in [7, 11) is 0. The average molecular weight is 261 g/mol. The van der Waals surface area contributed by atoms with Crippen molar-refractivity contribution in [3.05, 3.63) is 23.8 Å². The lowest BCUT2D eigenvalue weighted by Crippen LogP contribution is -2.37. The SMILES string of the molecule is CC(C)CCNC(=O)CN1CCc2c(N)cccc21. The molecule has 104 valence electrons. The first kappa shape index (κ1) is 13.7. The van der Waals surface area contributed by atoms with Crippen LogP contribution in [0.1, 0.15) is 25.8 Å². The molecular weight excluding hydrogens is 238 g/mol. The van der Waals surface area contributed by atoms with Gasteiger partial charge >= 0.3 is 0 Å². The highest BCUT2D eigenvalue weighted by Crippen LogP contribution is 2.31. The number of nitrogens with one attached hydrogen (secondary N) is 1. The van der Waals surface area contributed by atoms with Gasteiger partial charge in [-0.15, -0.1) is 0 Å². The van der Waals surface area contributed by atoms with Crippen LogP contribution in [0.3, 0.4) is 0 Å². The Morgan fingerprint density at radius 3 is 3.00 bits per heavy atom. The summed E-state index contributed by atoms with van der Waals surface area (Å²) in [6, 6.07) is 5.91. The minimum absolute atomic E-state index is 0.0934. The Morgan fingerprint density at radius 1 is 1.47 bits per heavy atom. The van der Waals surface area contributed by atoms with Crippen molar-refractivity contribution in [2.45, 2.75) is 26.7 Å². The molecule has 2 rings (SSSR count). The highest BCUT2D eigenvalue weighted by molar-refractivity contribution is 5.83. The van der Waals surface area contributed by atoms with Gasteiger partial charge in [0, 0.05) is 30.0 Å². The zero-order valence-electron chi connectivity index (χ0n) is 11.8.